The van der Waals surface area contributed by atoms with E-state index < -0.39 is 5.82 Å². The van der Waals surface area contributed by atoms with Crippen LogP contribution in [0.5, 0.6) is 0 Å². The number of hydrogen-bond acceptors (Lipinski definition) is 2. The van der Waals surface area contributed by atoms with Crippen LogP contribution in [0.4, 0.5) is 4.39 Å². The first kappa shape index (κ1) is 13.0. The summed E-state index contributed by atoms with van der Waals surface area (Å²) in [5.41, 5.74) is 0.826. The van der Waals surface area contributed by atoms with E-state index in [0.717, 1.165) is 0 Å². The molecule has 2 aromatic rings. The number of ether oxygens (including phenoxy) is 1. The lowest BCUT2D eigenvalue weighted by atomic mass is 10.1. The maximum Gasteiger partial charge on any atom is 0.200 e. The average molecular weight is 256 g/mol. The number of Topliss-reactive ketones (excluding diaryl/α,β-unsaturated/α-hetero) is 1. The smallest absolute Gasteiger partial charge is 0.200 e. The van der Waals surface area contributed by atoms with Gasteiger partial charge in [-0.1, -0.05) is 49.0 Å². The average Bonchev–Trinajstić information content (AvgIpc) is 2.46. The molecule has 0 radical (unpaired) electrons. The molecule has 0 saturated heterocycles. The Morgan fingerprint density at radius 1 is 1.05 bits per heavy atom. The summed E-state index contributed by atoms with van der Waals surface area (Å²) in [6.45, 7) is 3.48. The first-order chi connectivity index (χ1) is 9.18. The second-order valence-electron chi connectivity index (χ2n) is 3.98. The van der Waals surface area contributed by atoms with Crippen molar-refractivity contribution >= 4 is 11.5 Å². The normalized spacial score (nSPS) is 9.95. The Hall–Kier alpha value is -2.42. The summed E-state index contributed by atoms with van der Waals surface area (Å²) in [4.78, 5) is 11.8. The van der Waals surface area contributed by atoms with E-state index in [-0.39, 0.29) is 23.7 Å². The molecule has 19 heavy (non-hydrogen) atoms. The highest BCUT2D eigenvalue weighted by Crippen LogP contribution is 2.17. The Morgan fingerprint density at radius 2 is 1.68 bits per heavy atom. The van der Waals surface area contributed by atoms with E-state index in [1.165, 1.54) is 6.07 Å². The fourth-order valence-corrected chi connectivity index (χ4v) is 1.63. The van der Waals surface area contributed by atoms with Gasteiger partial charge >= 0.3 is 0 Å². The molecule has 0 bridgehead atoms. The summed E-state index contributed by atoms with van der Waals surface area (Å²) in [5.74, 6) is -0.430. The van der Waals surface area contributed by atoms with Crippen molar-refractivity contribution in [2.24, 2.45) is 0 Å². The maximum absolute atomic E-state index is 13.5. The van der Waals surface area contributed by atoms with Crippen LogP contribution in [0.1, 0.15) is 15.9 Å². The number of carbonyl (C=O) groups excluding carboxylic acids is 1. The SMILES string of the molecule is C=C(OCC(=O)c1ccccc1)c1ccccc1F. The molecule has 3 heteroatoms. The molecule has 0 fully saturated rings. The van der Waals surface area contributed by atoms with E-state index in [4.69, 9.17) is 4.74 Å². The molecule has 0 aliphatic carbocycles. The Balaban J connectivity index is 1.98. The van der Waals surface area contributed by atoms with Crippen molar-refractivity contribution in [3.63, 3.8) is 0 Å². The Labute approximate surface area is 111 Å². The maximum atomic E-state index is 13.5. The van der Waals surface area contributed by atoms with Crippen molar-refractivity contribution in [1.82, 2.24) is 0 Å². The topological polar surface area (TPSA) is 26.3 Å². The van der Waals surface area contributed by atoms with Crippen LogP contribution in [0.3, 0.4) is 0 Å². The largest absolute Gasteiger partial charge is 0.485 e. The van der Waals surface area contributed by atoms with Gasteiger partial charge in [0.25, 0.3) is 0 Å². The summed E-state index contributed by atoms with van der Waals surface area (Å²) in [6, 6.07) is 14.9. The summed E-state index contributed by atoms with van der Waals surface area (Å²) >= 11 is 0. The lowest BCUT2D eigenvalue weighted by Crippen LogP contribution is -2.08. The van der Waals surface area contributed by atoms with Gasteiger partial charge < -0.3 is 4.74 Å². The highest BCUT2D eigenvalue weighted by Gasteiger charge is 2.10. The zero-order valence-electron chi connectivity index (χ0n) is 10.3. The predicted octanol–water partition coefficient (Wildman–Crippen LogP) is 3.70. The van der Waals surface area contributed by atoms with Crippen LogP contribution < -0.4 is 0 Å². The summed E-state index contributed by atoms with van der Waals surface area (Å²) < 4.78 is 18.7. The summed E-state index contributed by atoms with van der Waals surface area (Å²) in [7, 11) is 0. The molecular formula is C16H13FO2. The van der Waals surface area contributed by atoms with Gasteiger partial charge in [-0.05, 0) is 12.1 Å². The van der Waals surface area contributed by atoms with Crippen LogP contribution in [0.2, 0.25) is 0 Å². The van der Waals surface area contributed by atoms with Gasteiger partial charge in [0.1, 0.15) is 11.6 Å². The fourth-order valence-electron chi connectivity index (χ4n) is 1.63. The molecule has 2 nitrogen and oxygen atoms in total. The number of carbonyl (C=O) groups is 1. The first-order valence-electron chi connectivity index (χ1n) is 5.83. The molecule has 0 heterocycles. The van der Waals surface area contributed by atoms with Gasteiger partial charge in [-0.15, -0.1) is 0 Å². The highest BCUT2D eigenvalue weighted by molar-refractivity contribution is 5.97. The van der Waals surface area contributed by atoms with Gasteiger partial charge in [0.2, 0.25) is 0 Å². The Kier molecular flexibility index (Phi) is 4.08. The molecular weight excluding hydrogens is 243 g/mol. The number of halogens is 1. The molecule has 2 aromatic carbocycles. The van der Waals surface area contributed by atoms with Gasteiger partial charge in [0.05, 0.1) is 5.56 Å². The summed E-state index contributed by atoms with van der Waals surface area (Å²) in [5, 5.41) is 0. The van der Waals surface area contributed by atoms with E-state index in [1.54, 1.807) is 42.5 Å². The van der Waals surface area contributed by atoms with Crippen molar-refractivity contribution < 1.29 is 13.9 Å². The van der Waals surface area contributed by atoms with Crippen LogP contribution in [0, 0.1) is 5.82 Å². The molecule has 0 saturated carbocycles. The molecule has 0 spiro atoms. The van der Waals surface area contributed by atoms with Gasteiger partial charge in [0, 0.05) is 5.56 Å². The fraction of sp³-hybridized carbons (Fsp3) is 0.0625. The quantitative estimate of drug-likeness (QED) is 0.602. The predicted molar refractivity (Wildman–Crippen MR) is 72.2 cm³/mol. The van der Waals surface area contributed by atoms with Crippen molar-refractivity contribution in [2.75, 3.05) is 6.61 Å². The van der Waals surface area contributed by atoms with Gasteiger partial charge in [-0.2, -0.15) is 0 Å². The second-order valence-corrected chi connectivity index (χ2v) is 3.98. The first-order valence-corrected chi connectivity index (χ1v) is 5.83. The third-order valence-corrected chi connectivity index (χ3v) is 2.65. The minimum atomic E-state index is -0.417. The molecule has 0 atom stereocenters. The standard InChI is InChI=1S/C16H13FO2/c1-12(14-9-5-6-10-15(14)17)19-11-16(18)13-7-3-2-4-8-13/h2-10H,1,11H2. The number of rotatable bonds is 5. The Bertz CT molecular complexity index is 591. The van der Waals surface area contributed by atoms with Crippen molar-refractivity contribution in [3.05, 3.63) is 78.1 Å². The van der Waals surface area contributed by atoms with E-state index in [9.17, 15) is 9.18 Å². The van der Waals surface area contributed by atoms with Crippen LogP contribution in [0.15, 0.2) is 61.2 Å². The molecule has 0 N–H and O–H groups in total. The zero-order chi connectivity index (χ0) is 13.7. The third-order valence-electron chi connectivity index (χ3n) is 2.65. The number of ketones is 1. The van der Waals surface area contributed by atoms with Crippen LogP contribution in [-0.2, 0) is 4.74 Å². The monoisotopic (exact) mass is 256 g/mol. The van der Waals surface area contributed by atoms with E-state index in [2.05, 4.69) is 6.58 Å². The second kappa shape index (κ2) is 5.96. The van der Waals surface area contributed by atoms with E-state index >= 15 is 0 Å². The third kappa shape index (κ3) is 3.28. The lowest BCUT2D eigenvalue weighted by molar-refractivity contribution is 0.0901. The van der Waals surface area contributed by atoms with Crippen LogP contribution in [-0.4, -0.2) is 12.4 Å². The molecule has 0 amide bonds. The van der Waals surface area contributed by atoms with Crippen molar-refractivity contribution in [1.29, 1.82) is 0 Å². The van der Waals surface area contributed by atoms with E-state index in [1.807, 2.05) is 6.07 Å². The zero-order valence-corrected chi connectivity index (χ0v) is 10.3. The Morgan fingerprint density at radius 3 is 2.37 bits per heavy atom. The number of benzene rings is 2. The molecule has 2 rings (SSSR count). The van der Waals surface area contributed by atoms with Crippen LogP contribution in [0.25, 0.3) is 5.76 Å². The molecule has 0 aromatic heterocycles. The van der Waals surface area contributed by atoms with Crippen molar-refractivity contribution in [3.8, 4) is 0 Å². The van der Waals surface area contributed by atoms with Gasteiger partial charge in [-0.25, -0.2) is 4.39 Å². The minimum absolute atomic E-state index is 0.155. The van der Waals surface area contributed by atoms with Gasteiger partial charge in [-0.3, -0.25) is 4.79 Å². The number of hydrogen-bond donors (Lipinski definition) is 0. The molecule has 0 aliphatic rings. The molecule has 96 valence electrons. The highest BCUT2D eigenvalue weighted by atomic mass is 19.1. The van der Waals surface area contributed by atoms with E-state index in [0.29, 0.717) is 5.56 Å². The van der Waals surface area contributed by atoms with Gasteiger partial charge in [0.15, 0.2) is 12.4 Å². The minimum Gasteiger partial charge on any atom is -0.485 e. The lowest BCUT2D eigenvalue weighted by Gasteiger charge is -2.09. The van der Waals surface area contributed by atoms with Crippen molar-refractivity contribution in [2.45, 2.75) is 0 Å². The summed E-state index contributed by atoms with van der Waals surface area (Å²) in [6.07, 6.45) is 0. The molecule has 0 unspecified atom stereocenters. The molecule has 0 aliphatic heterocycles. The van der Waals surface area contributed by atoms with Crippen LogP contribution >= 0.6 is 0 Å².